The number of benzene rings is 1. The summed E-state index contributed by atoms with van der Waals surface area (Å²) in [4.78, 5) is 0.228. The van der Waals surface area contributed by atoms with Gasteiger partial charge in [0.1, 0.15) is 10.0 Å². The molecular weight excluding hydrogens is 452 g/mol. The first-order chi connectivity index (χ1) is 8.49. The van der Waals surface area contributed by atoms with Gasteiger partial charge in [0.05, 0.1) is 0 Å². The molecule has 0 heterocycles. The van der Waals surface area contributed by atoms with E-state index in [1.165, 1.54) is 0 Å². The van der Waals surface area contributed by atoms with Crippen molar-refractivity contribution in [2.24, 2.45) is 0 Å². The largest absolute Gasteiger partial charge is 3.00 e. The zero-order valence-electron chi connectivity index (χ0n) is 11.8. The smallest absolute Gasteiger partial charge is 0.676 e. The van der Waals surface area contributed by atoms with Gasteiger partial charge in [0.15, 0.2) is 0 Å². The predicted octanol–water partition coefficient (Wildman–Crippen LogP) is 3.87. The van der Waals surface area contributed by atoms with Crippen molar-refractivity contribution >= 4 is 10.0 Å². The van der Waals surface area contributed by atoms with Gasteiger partial charge in [-0.05, 0) is 19.1 Å². The maximum Gasteiger partial charge on any atom is 3.00 e. The number of nitrogens with zero attached hydrogens (tertiary/aromatic N) is 1. The summed E-state index contributed by atoms with van der Waals surface area (Å²) >= 11 is 0. The monoisotopic (exact) mass is 474 g/mol. The van der Waals surface area contributed by atoms with Crippen LogP contribution < -0.4 is 0 Å². The average Bonchev–Trinajstić information content (AvgIpc) is 2.32. The summed E-state index contributed by atoms with van der Waals surface area (Å²) in [5.41, 5.74) is 8.87. The van der Waals surface area contributed by atoms with E-state index in [-0.39, 0.29) is 44.5 Å². The Morgan fingerprint density at radius 3 is 2.25 bits per heavy atom. The molecule has 1 N–H and O–H groups in total. The van der Waals surface area contributed by atoms with Crippen LogP contribution in [0.15, 0.2) is 29.2 Å². The Morgan fingerprint density at radius 1 is 1.15 bits per heavy atom. The van der Waals surface area contributed by atoms with Crippen LogP contribution in [0.25, 0.3) is 10.5 Å². The van der Waals surface area contributed by atoms with E-state index < -0.39 is 10.0 Å². The van der Waals surface area contributed by atoms with Gasteiger partial charge in [-0.15, -0.1) is 6.04 Å². The second kappa shape index (κ2) is 8.25. The first-order valence-electron chi connectivity index (χ1n) is 6.24. The molecule has 0 radical (unpaired) electrons. The Morgan fingerprint density at radius 2 is 1.70 bits per heavy atom. The predicted molar refractivity (Wildman–Crippen MR) is 78.5 cm³/mol. The van der Waals surface area contributed by atoms with Crippen molar-refractivity contribution in [3.05, 3.63) is 47.7 Å². The molecule has 1 aliphatic rings. The minimum absolute atomic E-state index is 0. The van der Waals surface area contributed by atoms with Crippen LogP contribution in [0, 0.1) is 14.4 Å². The van der Waals surface area contributed by atoms with Crippen LogP contribution in [-0.2, 0) is 30.1 Å². The number of nitrogens with one attached hydrogen (secondary N) is 1. The van der Waals surface area contributed by atoms with Crippen LogP contribution in [0.3, 0.4) is 0 Å². The Kier molecular flexibility index (Phi) is 8.14. The van der Waals surface area contributed by atoms with E-state index in [1.807, 2.05) is 6.92 Å². The van der Waals surface area contributed by atoms with E-state index in [1.54, 1.807) is 24.3 Å². The molecule has 114 valence electrons. The molecule has 2 atom stereocenters. The van der Waals surface area contributed by atoms with E-state index in [4.69, 9.17) is 5.73 Å². The summed E-state index contributed by atoms with van der Waals surface area (Å²) in [6.07, 6.45) is 3.43. The van der Waals surface area contributed by atoms with Gasteiger partial charge in [0, 0.05) is 4.90 Å². The van der Waals surface area contributed by atoms with Crippen LogP contribution in [-0.4, -0.2) is 20.5 Å². The van der Waals surface area contributed by atoms with E-state index >= 15 is 0 Å². The van der Waals surface area contributed by atoms with E-state index in [0.29, 0.717) is 6.42 Å². The minimum Gasteiger partial charge on any atom is -0.676 e. The van der Waals surface area contributed by atoms with Crippen molar-refractivity contribution in [2.75, 3.05) is 0 Å². The summed E-state index contributed by atoms with van der Waals surface area (Å²) in [5, 5.41) is 0. The Balaban J connectivity index is 0.00000180. The topological polar surface area (TPSA) is 72.0 Å². The van der Waals surface area contributed by atoms with Crippen LogP contribution in [0.5, 0.6) is 0 Å². The second-order valence-electron chi connectivity index (χ2n) is 4.85. The number of hydrogen-bond acceptors (Lipinski definition) is 2. The van der Waals surface area contributed by atoms with Crippen molar-refractivity contribution in [2.45, 2.75) is 49.6 Å². The molecule has 6 heteroatoms. The molecule has 20 heavy (non-hydrogen) atoms. The van der Waals surface area contributed by atoms with Crippen molar-refractivity contribution in [3.8, 4) is 0 Å². The Bertz CT molecular complexity index is 502. The summed E-state index contributed by atoms with van der Waals surface area (Å²) in [5.74, 6) is 0. The zero-order chi connectivity index (χ0) is 13.2. The summed E-state index contributed by atoms with van der Waals surface area (Å²) in [7, 11) is -3.60. The number of rotatable bonds is 3. The molecule has 0 bridgehead atoms. The van der Waals surface area contributed by atoms with Gasteiger partial charge < -0.3 is 17.9 Å². The van der Waals surface area contributed by atoms with Crippen molar-refractivity contribution < 1.29 is 28.5 Å². The first-order valence-corrected chi connectivity index (χ1v) is 7.68. The number of aryl methyl sites for hydroxylation is 1. The molecule has 0 spiro atoms. The van der Waals surface area contributed by atoms with E-state index in [0.717, 1.165) is 24.8 Å². The van der Waals surface area contributed by atoms with E-state index in [9.17, 15) is 8.42 Å². The first kappa shape index (κ1) is 19.7. The fraction of sp³-hybridized carbons (Fsp3) is 0.500. The van der Waals surface area contributed by atoms with Crippen LogP contribution >= 0.6 is 0 Å². The van der Waals surface area contributed by atoms with Gasteiger partial charge in [-0.25, -0.2) is 8.42 Å². The molecule has 1 aromatic rings. The third-order valence-electron chi connectivity index (χ3n) is 3.32. The Hall–Kier alpha value is -0.261. The van der Waals surface area contributed by atoms with Crippen molar-refractivity contribution in [1.82, 2.24) is 0 Å². The zero-order valence-corrected chi connectivity index (χ0v) is 15.0. The second-order valence-corrected chi connectivity index (χ2v) is 6.48. The van der Waals surface area contributed by atoms with Gasteiger partial charge in [-0.2, -0.15) is 6.04 Å². The van der Waals surface area contributed by atoms with Crippen LogP contribution in [0.4, 0.5) is 0 Å². The van der Waals surface area contributed by atoms with Gasteiger partial charge >= 0.3 is 20.1 Å². The SMILES string of the molecule is Cc1ccc(S(=O)(=O)[N-][C@@H]2CCCC[C@H]2[NH-])cc1.[CH3-].[Ir+3]. The molecule has 0 aromatic heterocycles. The van der Waals surface area contributed by atoms with E-state index in [2.05, 4.69) is 4.72 Å². The molecule has 0 unspecified atom stereocenters. The molecule has 0 saturated heterocycles. The quantitative estimate of drug-likeness (QED) is 0.625. The van der Waals surface area contributed by atoms with Gasteiger partial charge in [-0.1, -0.05) is 43.4 Å². The third kappa shape index (κ3) is 4.93. The molecule has 2 rings (SSSR count). The molecular formula is C14H21IrN2O2S. The summed E-state index contributed by atoms with van der Waals surface area (Å²) in [6.45, 7) is 1.91. The molecule has 1 aromatic carbocycles. The third-order valence-corrected chi connectivity index (χ3v) is 4.74. The standard InChI is InChI=1S/C13H18N2O2S.CH3.Ir/c1-10-6-8-11(9-7-10)18(16,17)15-13-5-3-2-4-12(13)14;;/h6-9,12-14H,2-5H2,1H3;1H3;/q-2;-1;+3/t12-,13-;;/m1../s1. The molecule has 1 saturated carbocycles. The van der Waals surface area contributed by atoms with Gasteiger partial charge in [0.2, 0.25) is 0 Å². The molecule has 1 fully saturated rings. The maximum atomic E-state index is 12.1. The van der Waals surface area contributed by atoms with Gasteiger partial charge in [0.25, 0.3) is 0 Å². The Labute approximate surface area is 135 Å². The van der Waals surface area contributed by atoms with Crippen molar-refractivity contribution in [1.29, 1.82) is 0 Å². The average molecular weight is 474 g/mol. The molecule has 4 nitrogen and oxygen atoms in total. The number of sulfonamides is 1. The maximum absolute atomic E-state index is 12.1. The summed E-state index contributed by atoms with van der Waals surface area (Å²) < 4.78 is 28.1. The normalized spacial score (nSPS) is 22.5. The molecule has 1 aliphatic carbocycles. The van der Waals surface area contributed by atoms with Crippen molar-refractivity contribution in [3.63, 3.8) is 0 Å². The van der Waals surface area contributed by atoms with Gasteiger partial charge in [-0.3, -0.25) is 0 Å². The molecule has 0 amide bonds. The number of hydrogen-bond donors (Lipinski definition) is 0. The fourth-order valence-electron chi connectivity index (χ4n) is 2.19. The molecule has 0 aliphatic heterocycles. The fourth-order valence-corrected chi connectivity index (χ4v) is 3.40. The minimum atomic E-state index is -3.60. The van der Waals surface area contributed by atoms with Crippen LogP contribution in [0.2, 0.25) is 0 Å². The summed E-state index contributed by atoms with van der Waals surface area (Å²) in [6, 6.07) is 5.94. The van der Waals surface area contributed by atoms with Crippen LogP contribution in [0.1, 0.15) is 31.2 Å².